The van der Waals surface area contributed by atoms with Crippen molar-refractivity contribution < 1.29 is 14.4 Å². The molecule has 0 radical (unpaired) electrons. The first kappa shape index (κ1) is 16.5. The molecule has 118 valence electrons. The van der Waals surface area contributed by atoms with Crippen LogP contribution in [-0.4, -0.2) is 34.2 Å². The lowest BCUT2D eigenvalue weighted by atomic mass is 10.0. The summed E-state index contributed by atoms with van der Waals surface area (Å²) in [6.07, 6.45) is -0.914. The van der Waals surface area contributed by atoms with Gasteiger partial charge in [0, 0.05) is 23.7 Å². The van der Waals surface area contributed by atoms with Gasteiger partial charge in [-0.25, -0.2) is 0 Å². The minimum absolute atomic E-state index is 0.182. The van der Waals surface area contributed by atoms with E-state index in [2.05, 4.69) is 5.16 Å². The van der Waals surface area contributed by atoms with E-state index in [1.807, 2.05) is 13.8 Å². The Balaban J connectivity index is 2.56. The van der Waals surface area contributed by atoms with Crippen molar-refractivity contribution in [1.29, 1.82) is 0 Å². The zero-order valence-corrected chi connectivity index (χ0v) is 13.6. The molecule has 1 heterocycles. The molecular formula is C16H19ClN2O3. The molecule has 5 nitrogen and oxygen atoms in total. The number of carbonyl (C=O) groups excluding carboxylic acids is 1. The summed E-state index contributed by atoms with van der Waals surface area (Å²) in [5, 5.41) is 14.4. The van der Waals surface area contributed by atoms with Crippen molar-refractivity contribution in [2.24, 2.45) is 0 Å². The average molecular weight is 323 g/mol. The maximum absolute atomic E-state index is 12.7. The molecule has 2 aromatic rings. The summed E-state index contributed by atoms with van der Waals surface area (Å²) in [4.78, 5) is 14.4. The molecule has 2 rings (SSSR count). The molecule has 1 aromatic heterocycles. The molecule has 1 atom stereocenters. The Kier molecular flexibility index (Phi) is 5.21. The molecule has 1 amide bonds. The fourth-order valence-electron chi connectivity index (χ4n) is 2.27. The number of benzene rings is 1. The van der Waals surface area contributed by atoms with Crippen LogP contribution in [0.25, 0.3) is 11.3 Å². The van der Waals surface area contributed by atoms with Crippen LogP contribution in [-0.2, 0) is 0 Å². The standard InChI is InChI=1S/C16H19ClN2O3/c1-4-19(5-2)16(21)13-14(18-22-15(13)10(3)20)11-6-8-12(17)9-7-11/h6-10,20H,4-5H2,1-3H3. The summed E-state index contributed by atoms with van der Waals surface area (Å²) in [5.74, 6) is -0.0195. The molecule has 0 bridgehead atoms. The highest BCUT2D eigenvalue weighted by Crippen LogP contribution is 2.30. The predicted octanol–water partition coefficient (Wildman–Crippen LogP) is 3.53. The molecule has 0 aliphatic rings. The van der Waals surface area contributed by atoms with Gasteiger partial charge in [0.2, 0.25) is 0 Å². The van der Waals surface area contributed by atoms with Gasteiger partial charge in [0.25, 0.3) is 5.91 Å². The minimum atomic E-state index is -0.914. The Hall–Kier alpha value is -1.85. The number of aromatic nitrogens is 1. The highest BCUT2D eigenvalue weighted by Gasteiger charge is 2.28. The van der Waals surface area contributed by atoms with Gasteiger partial charge in [-0.05, 0) is 32.9 Å². The van der Waals surface area contributed by atoms with Crippen LogP contribution in [0.5, 0.6) is 0 Å². The van der Waals surface area contributed by atoms with Crippen molar-refractivity contribution in [2.45, 2.75) is 26.9 Å². The monoisotopic (exact) mass is 322 g/mol. The van der Waals surface area contributed by atoms with E-state index in [1.165, 1.54) is 0 Å². The van der Waals surface area contributed by atoms with E-state index in [0.717, 1.165) is 5.56 Å². The number of halogens is 1. The number of aliphatic hydroxyl groups is 1. The lowest BCUT2D eigenvalue weighted by Gasteiger charge is -2.19. The van der Waals surface area contributed by atoms with Crippen LogP contribution in [0, 0.1) is 0 Å². The summed E-state index contributed by atoms with van der Waals surface area (Å²) in [6.45, 7) is 6.49. The zero-order chi connectivity index (χ0) is 16.3. The second-order valence-corrected chi connectivity index (χ2v) is 5.37. The summed E-state index contributed by atoms with van der Waals surface area (Å²) in [6, 6.07) is 6.98. The predicted molar refractivity (Wildman–Crippen MR) is 84.8 cm³/mol. The maximum Gasteiger partial charge on any atom is 0.259 e. The molecule has 0 saturated heterocycles. The first-order valence-corrected chi connectivity index (χ1v) is 7.60. The van der Waals surface area contributed by atoms with E-state index in [4.69, 9.17) is 16.1 Å². The lowest BCUT2D eigenvalue weighted by Crippen LogP contribution is -2.31. The van der Waals surface area contributed by atoms with E-state index in [0.29, 0.717) is 29.4 Å². The quantitative estimate of drug-likeness (QED) is 0.914. The average Bonchev–Trinajstić information content (AvgIpc) is 2.94. The van der Waals surface area contributed by atoms with Crippen molar-refractivity contribution in [3.8, 4) is 11.3 Å². The van der Waals surface area contributed by atoms with Crippen molar-refractivity contribution in [3.63, 3.8) is 0 Å². The third-order valence-corrected chi connectivity index (χ3v) is 3.73. The summed E-state index contributed by atoms with van der Waals surface area (Å²) in [7, 11) is 0. The van der Waals surface area contributed by atoms with Gasteiger partial charge in [0.1, 0.15) is 17.4 Å². The number of amides is 1. The van der Waals surface area contributed by atoms with E-state index in [-0.39, 0.29) is 11.7 Å². The lowest BCUT2D eigenvalue weighted by molar-refractivity contribution is 0.0761. The fourth-order valence-corrected chi connectivity index (χ4v) is 2.39. The first-order chi connectivity index (χ1) is 10.5. The maximum atomic E-state index is 12.7. The number of rotatable bonds is 5. The number of carbonyl (C=O) groups is 1. The fraction of sp³-hybridized carbons (Fsp3) is 0.375. The van der Waals surface area contributed by atoms with Crippen molar-refractivity contribution >= 4 is 17.5 Å². The molecular weight excluding hydrogens is 304 g/mol. The highest BCUT2D eigenvalue weighted by atomic mass is 35.5. The Morgan fingerprint density at radius 3 is 2.41 bits per heavy atom. The SMILES string of the molecule is CCN(CC)C(=O)c1c(-c2ccc(Cl)cc2)noc1C(C)O. The first-order valence-electron chi connectivity index (χ1n) is 7.22. The van der Waals surface area contributed by atoms with Crippen molar-refractivity contribution in [3.05, 3.63) is 40.6 Å². The minimum Gasteiger partial charge on any atom is -0.385 e. The third-order valence-electron chi connectivity index (χ3n) is 3.48. The number of hydrogen-bond acceptors (Lipinski definition) is 4. The Bertz CT molecular complexity index is 646. The number of hydrogen-bond donors (Lipinski definition) is 1. The van der Waals surface area contributed by atoms with Crippen molar-refractivity contribution in [1.82, 2.24) is 10.1 Å². The van der Waals surface area contributed by atoms with Gasteiger partial charge >= 0.3 is 0 Å². The molecule has 0 aliphatic heterocycles. The summed E-state index contributed by atoms with van der Waals surface area (Å²) >= 11 is 5.89. The zero-order valence-electron chi connectivity index (χ0n) is 12.8. The molecule has 0 aliphatic carbocycles. The smallest absolute Gasteiger partial charge is 0.259 e. The van der Waals surface area contributed by atoms with Gasteiger partial charge < -0.3 is 14.5 Å². The molecule has 1 N–H and O–H groups in total. The molecule has 6 heteroatoms. The van der Waals surface area contributed by atoms with E-state index < -0.39 is 6.10 Å². The topological polar surface area (TPSA) is 66.6 Å². The van der Waals surface area contributed by atoms with Crippen LogP contribution in [0.2, 0.25) is 5.02 Å². The van der Waals surface area contributed by atoms with E-state index >= 15 is 0 Å². The molecule has 1 unspecified atom stereocenters. The van der Waals surface area contributed by atoms with Gasteiger partial charge in [0.15, 0.2) is 5.76 Å². The van der Waals surface area contributed by atoms with Gasteiger partial charge in [-0.1, -0.05) is 28.9 Å². The van der Waals surface area contributed by atoms with Crippen LogP contribution in [0.3, 0.4) is 0 Å². The second kappa shape index (κ2) is 6.94. The van der Waals surface area contributed by atoms with E-state index in [9.17, 15) is 9.90 Å². The van der Waals surface area contributed by atoms with Gasteiger partial charge in [-0.2, -0.15) is 0 Å². The van der Waals surface area contributed by atoms with Crippen LogP contribution in [0.4, 0.5) is 0 Å². The third kappa shape index (κ3) is 3.15. The van der Waals surface area contributed by atoms with E-state index in [1.54, 1.807) is 36.1 Å². The van der Waals surface area contributed by atoms with Crippen LogP contribution >= 0.6 is 11.6 Å². The molecule has 0 saturated carbocycles. The van der Waals surface area contributed by atoms with Crippen LogP contribution < -0.4 is 0 Å². The highest BCUT2D eigenvalue weighted by molar-refractivity contribution is 6.30. The summed E-state index contributed by atoms with van der Waals surface area (Å²) < 4.78 is 5.22. The van der Waals surface area contributed by atoms with Gasteiger partial charge in [-0.15, -0.1) is 0 Å². The Morgan fingerprint density at radius 1 is 1.32 bits per heavy atom. The van der Waals surface area contributed by atoms with Crippen LogP contribution in [0.1, 0.15) is 43.0 Å². The molecule has 0 spiro atoms. The van der Waals surface area contributed by atoms with Gasteiger partial charge in [0.05, 0.1) is 0 Å². The van der Waals surface area contributed by atoms with Gasteiger partial charge in [-0.3, -0.25) is 4.79 Å². The molecule has 1 aromatic carbocycles. The normalized spacial score (nSPS) is 12.2. The van der Waals surface area contributed by atoms with Crippen LogP contribution in [0.15, 0.2) is 28.8 Å². The number of aliphatic hydroxyl groups excluding tert-OH is 1. The molecule has 0 fully saturated rings. The Morgan fingerprint density at radius 2 is 1.91 bits per heavy atom. The number of nitrogens with zero attached hydrogens (tertiary/aromatic N) is 2. The second-order valence-electron chi connectivity index (χ2n) is 4.93. The summed E-state index contributed by atoms with van der Waals surface area (Å²) in [5.41, 5.74) is 1.45. The Labute approximate surface area is 134 Å². The molecule has 22 heavy (non-hydrogen) atoms. The van der Waals surface area contributed by atoms with Crippen molar-refractivity contribution in [2.75, 3.05) is 13.1 Å². The largest absolute Gasteiger partial charge is 0.385 e.